The Kier molecular flexibility index (Phi) is 4.31. The van der Waals surface area contributed by atoms with E-state index in [1.54, 1.807) is 31.3 Å². The van der Waals surface area contributed by atoms with Crippen LogP contribution in [0.2, 0.25) is 0 Å². The Morgan fingerprint density at radius 2 is 2.11 bits per heavy atom. The van der Waals surface area contributed by atoms with E-state index in [4.69, 9.17) is 4.74 Å². The number of para-hydroxylation sites is 2. The quantitative estimate of drug-likeness (QED) is 0.860. The molecule has 1 aromatic heterocycles. The number of nitrogens with zero attached hydrogens (tertiary/aromatic N) is 2. The fourth-order valence-electron chi connectivity index (χ4n) is 3.43. The van der Waals surface area contributed by atoms with Gasteiger partial charge in [0.15, 0.2) is 0 Å². The summed E-state index contributed by atoms with van der Waals surface area (Å²) in [5.74, 6) is -0.138. The number of anilines is 1. The van der Waals surface area contributed by atoms with Gasteiger partial charge in [0, 0.05) is 13.2 Å². The first kappa shape index (κ1) is 17.5. The van der Waals surface area contributed by atoms with Crippen molar-refractivity contribution in [3.63, 3.8) is 0 Å². The van der Waals surface area contributed by atoms with E-state index >= 15 is 0 Å². The first-order valence-corrected chi connectivity index (χ1v) is 8.97. The molecule has 1 aromatic carbocycles. The van der Waals surface area contributed by atoms with Gasteiger partial charge in [-0.2, -0.15) is 0 Å². The Morgan fingerprint density at radius 1 is 1.33 bits per heavy atom. The number of carbonyl (C=O) groups excluding carboxylic acids is 2. The Morgan fingerprint density at radius 3 is 2.85 bits per heavy atom. The highest BCUT2D eigenvalue weighted by Gasteiger charge is 2.37. The smallest absolute Gasteiger partial charge is 0.270 e. The number of aliphatic hydroxyl groups is 1. The molecular formula is C20H21N3O4. The summed E-state index contributed by atoms with van der Waals surface area (Å²) in [7, 11) is 1.65. The van der Waals surface area contributed by atoms with Crippen LogP contribution in [0.1, 0.15) is 35.3 Å². The van der Waals surface area contributed by atoms with Crippen molar-refractivity contribution in [2.45, 2.75) is 30.9 Å². The minimum Gasteiger partial charge on any atom is -0.489 e. The SMILES string of the molecule is CN1C(=O)[C@@H](NC(=O)c2cc(C3(O)CCC3)ccn2)COc2ccccc21. The van der Waals surface area contributed by atoms with Gasteiger partial charge in [-0.05, 0) is 49.1 Å². The molecule has 2 aromatic rings. The van der Waals surface area contributed by atoms with E-state index in [1.807, 2.05) is 12.1 Å². The van der Waals surface area contributed by atoms with Gasteiger partial charge in [0.2, 0.25) is 0 Å². The molecule has 0 bridgehead atoms. The summed E-state index contributed by atoms with van der Waals surface area (Å²) in [5.41, 5.74) is 0.639. The highest BCUT2D eigenvalue weighted by molar-refractivity contribution is 6.02. The van der Waals surface area contributed by atoms with Crippen LogP contribution in [-0.2, 0) is 10.4 Å². The van der Waals surface area contributed by atoms with Crippen molar-refractivity contribution in [2.24, 2.45) is 0 Å². The lowest BCUT2D eigenvalue weighted by atomic mass is 9.75. The molecule has 0 saturated heterocycles. The van der Waals surface area contributed by atoms with Crippen molar-refractivity contribution in [3.8, 4) is 5.75 Å². The Bertz CT molecular complexity index is 894. The zero-order valence-electron chi connectivity index (χ0n) is 15.0. The van der Waals surface area contributed by atoms with E-state index in [0.717, 1.165) is 6.42 Å². The molecule has 0 unspecified atom stereocenters. The summed E-state index contributed by atoms with van der Waals surface area (Å²) >= 11 is 0. The first-order chi connectivity index (χ1) is 13.0. The van der Waals surface area contributed by atoms with Crippen LogP contribution in [0.5, 0.6) is 5.75 Å². The average molecular weight is 367 g/mol. The third kappa shape index (κ3) is 3.14. The van der Waals surface area contributed by atoms with Crippen molar-refractivity contribution in [1.29, 1.82) is 0 Å². The third-order valence-electron chi connectivity index (χ3n) is 5.28. The molecule has 1 fully saturated rings. The van der Waals surface area contributed by atoms with E-state index in [9.17, 15) is 14.7 Å². The fourth-order valence-corrected chi connectivity index (χ4v) is 3.43. The van der Waals surface area contributed by atoms with Gasteiger partial charge in [-0.25, -0.2) is 0 Å². The molecule has 2 N–H and O–H groups in total. The number of carbonyl (C=O) groups is 2. The van der Waals surface area contributed by atoms with Gasteiger partial charge in [0.05, 0.1) is 11.3 Å². The van der Waals surface area contributed by atoms with Crippen LogP contribution >= 0.6 is 0 Å². The van der Waals surface area contributed by atoms with Gasteiger partial charge in [0.25, 0.3) is 11.8 Å². The van der Waals surface area contributed by atoms with E-state index < -0.39 is 17.6 Å². The van der Waals surface area contributed by atoms with Crippen LogP contribution < -0.4 is 15.0 Å². The van der Waals surface area contributed by atoms with Gasteiger partial charge in [-0.3, -0.25) is 14.6 Å². The summed E-state index contributed by atoms with van der Waals surface area (Å²) in [6, 6.07) is 9.72. The molecule has 4 rings (SSSR count). The predicted molar refractivity (Wildman–Crippen MR) is 98.6 cm³/mol. The van der Waals surface area contributed by atoms with Gasteiger partial charge in [-0.15, -0.1) is 0 Å². The lowest BCUT2D eigenvalue weighted by molar-refractivity contribution is -0.120. The third-order valence-corrected chi connectivity index (χ3v) is 5.28. The van der Waals surface area contributed by atoms with Crippen molar-refractivity contribution in [3.05, 3.63) is 53.9 Å². The Balaban J connectivity index is 1.52. The lowest BCUT2D eigenvalue weighted by Gasteiger charge is -2.37. The number of benzene rings is 1. The van der Waals surface area contributed by atoms with E-state index in [1.165, 1.54) is 11.1 Å². The van der Waals surface area contributed by atoms with Gasteiger partial charge < -0.3 is 20.1 Å². The maximum absolute atomic E-state index is 12.7. The zero-order chi connectivity index (χ0) is 19.0. The number of likely N-dealkylation sites (N-methyl/N-ethyl adjacent to an activating group) is 1. The van der Waals surface area contributed by atoms with Crippen LogP contribution in [0.4, 0.5) is 5.69 Å². The molecule has 0 radical (unpaired) electrons. The van der Waals surface area contributed by atoms with Crippen LogP contribution in [0.25, 0.3) is 0 Å². The van der Waals surface area contributed by atoms with Gasteiger partial charge in [-0.1, -0.05) is 12.1 Å². The number of aromatic nitrogens is 1. The summed E-state index contributed by atoms with van der Waals surface area (Å²) in [4.78, 5) is 31.0. The molecule has 1 atom stereocenters. The summed E-state index contributed by atoms with van der Waals surface area (Å²) in [6.45, 7) is 0.0373. The highest BCUT2D eigenvalue weighted by atomic mass is 16.5. The maximum atomic E-state index is 12.7. The fraction of sp³-hybridized carbons (Fsp3) is 0.350. The maximum Gasteiger partial charge on any atom is 0.270 e. The second kappa shape index (κ2) is 6.66. The second-order valence-corrected chi connectivity index (χ2v) is 7.02. The molecule has 1 aliphatic carbocycles. The number of fused-ring (bicyclic) bond motifs is 1. The Hall–Kier alpha value is -2.93. The number of hydrogen-bond donors (Lipinski definition) is 2. The second-order valence-electron chi connectivity index (χ2n) is 7.02. The molecule has 0 spiro atoms. The number of hydrogen-bond acceptors (Lipinski definition) is 5. The number of amides is 2. The van der Waals surface area contributed by atoms with Crippen LogP contribution in [0.3, 0.4) is 0 Å². The first-order valence-electron chi connectivity index (χ1n) is 8.97. The van der Waals surface area contributed by atoms with E-state index in [2.05, 4.69) is 10.3 Å². The number of rotatable bonds is 3. The molecule has 140 valence electrons. The number of nitrogens with one attached hydrogen (secondary N) is 1. The van der Waals surface area contributed by atoms with Gasteiger partial charge >= 0.3 is 0 Å². The van der Waals surface area contributed by atoms with Crippen molar-refractivity contribution in [1.82, 2.24) is 10.3 Å². The molecule has 7 heteroatoms. The van der Waals surface area contributed by atoms with E-state index in [0.29, 0.717) is 29.8 Å². The molecule has 27 heavy (non-hydrogen) atoms. The van der Waals surface area contributed by atoms with E-state index in [-0.39, 0.29) is 18.2 Å². The molecule has 2 aliphatic rings. The topological polar surface area (TPSA) is 91.8 Å². The highest BCUT2D eigenvalue weighted by Crippen LogP contribution is 2.40. The number of ether oxygens (including phenoxy) is 1. The summed E-state index contributed by atoms with van der Waals surface area (Å²) in [6.07, 6.45) is 3.82. The lowest BCUT2D eigenvalue weighted by Crippen LogP contribution is -2.49. The molecule has 7 nitrogen and oxygen atoms in total. The number of pyridine rings is 1. The molecule has 2 amide bonds. The van der Waals surface area contributed by atoms with Crippen LogP contribution in [0.15, 0.2) is 42.6 Å². The average Bonchev–Trinajstić information content (AvgIpc) is 2.78. The molecule has 1 aliphatic heterocycles. The summed E-state index contributed by atoms with van der Waals surface area (Å²) < 4.78 is 5.71. The molecule has 2 heterocycles. The van der Waals surface area contributed by atoms with Crippen LogP contribution in [-0.4, -0.2) is 41.6 Å². The molecule has 1 saturated carbocycles. The zero-order valence-corrected chi connectivity index (χ0v) is 15.0. The monoisotopic (exact) mass is 367 g/mol. The Labute approximate surface area is 157 Å². The van der Waals surface area contributed by atoms with Gasteiger partial charge in [0.1, 0.15) is 24.1 Å². The molecular weight excluding hydrogens is 346 g/mol. The van der Waals surface area contributed by atoms with Crippen LogP contribution in [0, 0.1) is 0 Å². The van der Waals surface area contributed by atoms with Crippen molar-refractivity contribution in [2.75, 3.05) is 18.6 Å². The van der Waals surface area contributed by atoms with Crippen molar-refractivity contribution < 1.29 is 19.4 Å². The minimum atomic E-state index is -0.874. The summed E-state index contributed by atoms with van der Waals surface area (Å²) in [5, 5.41) is 13.2. The minimum absolute atomic E-state index is 0.0373. The standard InChI is InChI=1S/C20H21N3O4/c1-23-16-5-2-3-6-17(16)27-12-15(19(23)25)22-18(24)14-11-13(7-10-21-14)20(26)8-4-9-20/h2-3,5-7,10-11,15,26H,4,8-9,12H2,1H3,(H,22,24)/t15-/m0/s1. The largest absolute Gasteiger partial charge is 0.489 e. The normalized spacial score (nSPS) is 20.7. The van der Waals surface area contributed by atoms with Crippen molar-refractivity contribution >= 4 is 17.5 Å². The predicted octanol–water partition coefficient (Wildman–Crippen LogP) is 1.61.